The zero-order valence-electron chi connectivity index (χ0n) is 25.2. The highest BCUT2D eigenvalue weighted by Crippen LogP contribution is 2.34. The third-order valence-electron chi connectivity index (χ3n) is 7.11. The van der Waals surface area contributed by atoms with E-state index in [0.717, 1.165) is 46.0 Å². The van der Waals surface area contributed by atoms with Crippen LogP contribution in [0.15, 0.2) is 30.3 Å². The lowest BCUT2D eigenvalue weighted by molar-refractivity contribution is -0.00558. The van der Waals surface area contributed by atoms with Gasteiger partial charge in [0.25, 0.3) is 0 Å². The minimum absolute atomic E-state index is 0.0641. The van der Waals surface area contributed by atoms with Crippen molar-refractivity contribution >= 4 is 25.2 Å². The van der Waals surface area contributed by atoms with Crippen molar-refractivity contribution in [3.05, 3.63) is 41.6 Å². The van der Waals surface area contributed by atoms with Crippen LogP contribution in [-0.2, 0) is 27.4 Å². The van der Waals surface area contributed by atoms with Crippen LogP contribution in [0.2, 0.25) is 25.7 Å². The highest BCUT2D eigenvalue weighted by molar-refractivity contribution is 6.76. The van der Waals surface area contributed by atoms with Gasteiger partial charge in [-0.2, -0.15) is 0 Å². The second-order valence-corrected chi connectivity index (χ2v) is 18.3. The number of methoxy groups -OCH3 is 1. The van der Waals surface area contributed by atoms with Gasteiger partial charge >= 0.3 is 6.09 Å². The first-order valence-electron chi connectivity index (χ1n) is 14.0. The van der Waals surface area contributed by atoms with E-state index in [2.05, 4.69) is 42.3 Å². The Morgan fingerprint density at radius 3 is 2.55 bits per heavy atom. The van der Waals surface area contributed by atoms with Gasteiger partial charge in [0.1, 0.15) is 18.1 Å². The lowest BCUT2D eigenvalue weighted by atomic mass is 9.96. The second kappa shape index (κ2) is 12.3. The highest BCUT2D eigenvalue weighted by atomic mass is 28.3. The zero-order chi connectivity index (χ0) is 29.1. The molecule has 1 unspecified atom stereocenters. The number of hydrogen-bond acceptors (Lipinski definition) is 7. The van der Waals surface area contributed by atoms with Crippen molar-refractivity contribution in [2.75, 3.05) is 27.1 Å². The smallest absolute Gasteiger partial charge is 0.410 e. The monoisotopic (exact) mass is 568 g/mol. The average Bonchev–Trinajstić information content (AvgIpc) is 3.11. The number of aryl methyl sites for hydroxylation is 1. The normalized spacial score (nSPS) is 15.8. The first kappa shape index (κ1) is 30.0. The van der Waals surface area contributed by atoms with Crippen LogP contribution in [0.25, 0.3) is 22.3 Å². The molecule has 3 heterocycles. The Hall–Kier alpha value is -2.95. The van der Waals surface area contributed by atoms with Crippen LogP contribution in [0.5, 0.6) is 5.75 Å². The molecule has 1 fully saturated rings. The van der Waals surface area contributed by atoms with Crippen LogP contribution in [0.3, 0.4) is 0 Å². The average molecular weight is 569 g/mol. The van der Waals surface area contributed by atoms with Gasteiger partial charge in [-0.3, -0.25) is 0 Å². The van der Waals surface area contributed by atoms with E-state index in [0.29, 0.717) is 32.1 Å². The fraction of sp³-hybridized carbons (Fsp3) is 0.567. The molecule has 0 bridgehead atoms. The Labute approximate surface area is 238 Å². The van der Waals surface area contributed by atoms with Crippen molar-refractivity contribution in [1.29, 1.82) is 0 Å². The molecule has 0 spiro atoms. The Morgan fingerprint density at radius 2 is 1.90 bits per heavy atom. The maximum atomic E-state index is 12.8. The van der Waals surface area contributed by atoms with Gasteiger partial charge in [0.05, 0.1) is 5.69 Å². The number of carbonyl (C=O) groups is 1. The summed E-state index contributed by atoms with van der Waals surface area (Å²) in [5, 5.41) is 10.3. The molecule has 4 rings (SSSR count). The van der Waals surface area contributed by atoms with Crippen LogP contribution in [0.1, 0.15) is 38.4 Å². The van der Waals surface area contributed by atoms with Crippen molar-refractivity contribution in [2.45, 2.75) is 84.6 Å². The molecule has 9 nitrogen and oxygen atoms in total. The van der Waals surface area contributed by atoms with E-state index in [9.17, 15) is 4.79 Å². The molecule has 1 atom stereocenters. The minimum Gasteiger partial charge on any atom is -0.467 e. The van der Waals surface area contributed by atoms with E-state index in [1.54, 1.807) is 7.11 Å². The number of nitrogens with zero attached hydrogens (tertiary/aromatic N) is 4. The molecule has 10 heteroatoms. The number of hydrogen-bond donors (Lipinski definition) is 0. The molecule has 1 aliphatic heterocycles. The summed E-state index contributed by atoms with van der Waals surface area (Å²) in [4.78, 5) is 14.7. The largest absolute Gasteiger partial charge is 0.467 e. The number of fused-ring (bicyclic) bond motifs is 1. The molecule has 1 saturated heterocycles. The molecule has 40 heavy (non-hydrogen) atoms. The predicted molar refractivity (Wildman–Crippen MR) is 159 cm³/mol. The lowest BCUT2D eigenvalue weighted by Crippen LogP contribution is -2.53. The Kier molecular flexibility index (Phi) is 9.21. The standard InChI is InChI=1S/C30H44N4O5Si/c1-21-24-18-25(23-11-9-10-12-27(23)38-20-36-5)31-32-28(24)34(19-37-15-16-40(6,7)8)26(21)17-22-13-14-33(22)29(35)39-30(2,3)4/h9-12,18,22H,13-17,19-20H2,1-8H3. The molecule has 1 aromatic carbocycles. The minimum atomic E-state index is -1.22. The van der Waals surface area contributed by atoms with Gasteiger partial charge < -0.3 is 28.4 Å². The number of rotatable bonds is 11. The lowest BCUT2D eigenvalue weighted by Gasteiger charge is -2.41. The summed E-state index contributed by atoms with van der Waals surface area (Å²) in [6, 6.07) is 11.0. The molecule has 0 radical (unpaired) electrons. The molecule has 218 valence electrons. The van der Waals surface area contributed by atoms with E-state index in [-0.39, 0.29) is 18.9 Å². The maximum absolute atomic E-state index is 12.8. The highest BCUT2D eigenvalue weighted by Gasteiger charge is 2.36. The zero-order valence-corrected chi connectivity index (χ0v) is 26.2. The molecule has 3 aromatic rings. The second-order valence-electron chi connectivity index (χ2n) is 12.7. The fourth-order valence-electron chi connectivity index (χ4n) is 4.78. The van der Waals surface area contributed by atoms with Crippen molar-refractivity contribution in [1.82, 2.24) is 19.7 Å². The third-order valence-corrected chi connectivity index (χ3v) is 8.81. The van der Waals surface area contributed by atoms with E-state index in [1.165, 1.54) is 0 Å². The number of likely N-dealkylation sites (tertiary alicyclic amines) is 1. The molecule has 1 aliphatic rings. The SMILES string of the molecule is COCOc1ccccc1-c1cc2c(C)c(CC3CCN3C(=O)OC(C)(C)C)n(COCC[Si](C)(C)C)c2nn1. The number of ether oxygens (including phenoxy) is 4. The number of carbonyl (C=O) groups excluding carboxylic acids is 1. The molecule has 0 saturated carbocycles. The van der Waals surface area contributed by atoms with Crippen LogP contribution >= 0.6 is 0 Å². The molecular formula is C30H44N4O5Si. The molecule has 2 aromatic heterocycles. The first-order valence-corrected chi connectivity index (χ1v) is 17.7. The van der Waals surface area contributed by atoms with Crippen molar-refractivity contribution in [3.8, 4) is 17.0 Å². The summed E-state index contributed by atoms with van der Waals surface area (Å²) in [6.45, 7) is 16.8. The molecular weight excluding hydrogens is 524 g/mol. The van der Waals surface area contributed by atoms with Gasteiger partial charge in [-0.1, -0.05) is 31.8 Å². The van der Waals surface area contributed by atoms with E-state index >= 15 is 0 Å². The van der Waals surface area contributed by atoms with Crippen LogP contribution in [0.4, 0.5) is 4.79 Å². The topological polar surface area (TPSA) is 87.9 Å². The van der Waals surface area contributed by atoms with Gasteiger partial charge in [-0.25, -0.2) is 4.79 Å². The molecule has 1 amide bonds. The molecule has 0 N–H and O–H groups in total. The number of para-hydroxylation sites is 1. The Balaban J connectivity index is 1.67. The van der Waals surface area contributed by atoms with Crippen molar-refractivity contribution in [3.63, 3.8) is 0 Å². The number of amides is 1. The van der Waals surface area contributed by atoms with Gasteiger partial charge in [0, 0.05) is 57.4 Å². The van der Waals surface area contributed by atoms with Gasteiger partial charge in [0.2, 0.25) is 0 Å². The quantitative estimate of drug-likeness (QED) is 0.153. The maximum Gasteiger partial charge on any atom is 0.410 e. The predicted octanol–water partition coefficient (Wildman–Crippen LogP) is 6.25. The Morgan fingerprint density at radius 1 is 1.15 bits per heavy atom. The van der Waals surface area contributed by atoms with E-state index < -0.39 is 13.7 Å². The summed E-state index contributed by atoms with van der Waals surface area (Å²) in [5.41, 5.74) is 4.06. The summed E-state index contributed by atoms with van der Waals surface area (Å²) in [5.74, 6) is 0.687. The molecule has 0 aliphatic carbocycles. The van der Waals surface area contributed by atoms with Crippen LogP contribution in [0, 0.1) is 6.92 Å². The summed E-state index contributed by atoms with van der Waals surface area (Å²) >= 11 is 0. The van der Waals surface area contributed by atoms with Crippen LogP contribution < -0.4 is 4.74 Å². The number of benzene rings is 1. The van der Waals surface area contributed by atoms with Gasteiger partial charge in [-0.15, -0.1) is 10.2 Å². The Bertz CT molecular complexity index is 1330. The summed E-state index contributed by atoms with van der Waals surface area (Å²) in [7, 11) is 0.374. The van der Waals surface area contributed by atoms with Crippen LogP contribution in [-0.4, -0.2) is 72.5 Å². The third kappa shape index (κ3) is 7.21. The van der Waals surface area contributed by atoms with Gasteiger partial charge in [-0.05, 0) is 63.9 Å². The first-order chi connectivity index (χ1) is 18.9. The fourth-order valence-corrected chi connectivity index (χ4v) is 5.53. The van der Waals surface area contributed by atoms with Crippen molar-refractivity contribution in [2.24, 2.45) is 0 Å². The van der Waals surface area contributed by atoms with E-state index in [4.69, 9.17) is 24.0 Å². The number of aromatic nitrogens is 3. The summed E-state index contributed by atoms with van der Waals surface area (Å²) in [6.07, 6.45) is 1.37. The summed E-state index contributed by atoms with van der Waals surface area (Å²) < 4.78 is 24.9. The van der Waals surface area contributed by atoms with Gasteiger partial charge in [0.15, 0.2) is 12.4 Å². The van der Waals surface area contributed by atoms with Crippen molar-refractivity contribution < 1.29 is 23.7 Å². The van der Waals surface area contributed by atoms with E-state index in [1.807, 2.05) is 49.9 Å².